The number of nitro benzene ring substituents is 1. The molecule has 1 aliphatic heterocycles. The number of alkyl halides is 1. The van der Waals surface area contributed by atoms with E-state index in [0.29, 0.717) is 5.56 Å². The second-order valence-electron chi connectivity index (χ2n) is 9.35. The van der Waals surface area contributed by atoms with Gasteiger partial charge in [-0.2, -0.15) is 0 Å². The second kappa shape index (κ2) is 10.1. The highest BCUT2D eigenvalue weighted by atomic mass is 35.5. The molecule has 11 heteroatoms. The highest BCUT2D eigenvalue weighted by Crippen LogP contribution is 2.43. The van der Waals surface area contributed by atoms with Crippen molar-refractivity contribution in [1.29, 1.82) is 0 Å². The van der Waals surface area contributed by atoms with Gasteiger partial charge in [0.05, 0.1) is 22.3 Å². The summed E-state index contributed by atoms with van der Waals surface area (Å²) in [6, 6.07) is 5.67. The molecule has 0 aromatic heterocycles. The van der Waals surface area contributed by atoms with Gasteiger partial charge in [-0.3, -0.25) is 14.9 Å². The van der Waals surface area contributed by atoms with Gasteiger partial charge in [0.1, 0.15) is 6.61 Å². The Balaban J connectivity index is 1.99. The van der Waals surface area contributed by atoms with Crippen molar-refractivity contribution in [2.75, 3.05) is 6.26 Å². The van der Waals surface area contributed by atoms with Crippen molar-refractivity contribution in [3.05, 3.63) is 39.9 Å². The number of nitrogens with zero attached hydrogens (tertiary/aromatic N) is 2. The van der Waals surface area contributed by atoms with Crippen LogP contribution in [0.2, 0.25) is 18.1 Å². The molecule has 0 spiro atoms. The number of ether oxygens (including phenoxy) is 1. The van der Waals surface area contributed by atoms with E-state index in [-0.39, 0.29) is 40.6 Å². The Morgan fingerprint density at radius 1 is 1.31 bits per heavy atom. The number of halogens is 1. The minimum absolute atomic E-state index is 0.0132. The van der Waals surface area contributed by atoms with Gasteiger partial charge in [0.15, 0.2) is 8.32 Å². The summed E-state index contributed by atoms with van der Waals surface area (Å²) in [5, 5.41) is 10.4. The number of non-ortho nitro benzene ring substituents is 1. The van der Waals surface area contributed by atoms with Gasteiger partial charge >= 0.3 is 5.97 Å². The molecule has 2 rings (SSSR count). The van der Waals surface area contributed by atoms with Crippen LogP contribution >= 0.6 is 23.4 Å². The van der Waals surface area contributed by atoms with Gasteiger partial charge in [0, 0.05) is 12.1 Å². The van der Waals surface area contributed by atoms with E-state index in [9.17, 15) is 19.7 Å². The van der Waals surface area contributed by atoms with E-state index in [1.807, 2.05) is 13.2 Å². The van der Waals surface area contributed by atoms with E-state index in [4.69, 9.17) is 20.8 Å². The number of esters is 1. The molecule has 0 aliphatic carbocycles. The molecule has 1 amide bonds. The van der Waals surface area contributed by atoms with Crippen molar-refractivity contribution in [2.24, 2.45) is 5.92 Å². The number of rotatable bonds is 9. The second-order valence-corrected chi connectivity index (χ2v) is 15.5. The Bertz CT molecular complexity index is 861. The number of amides is 1. The average molecular weight is 503 g/mol. The molecular formula is C21H31ClN2O6SSi. The van der Waals surface area contributed by atoms with Gasteiger partial charge < -0.3 is 14.1 Å². The lowest BCUT2D eigenvalue weighted by Gasteiger charge is -2.51. The molecule has 1 fully saturated rings. The van der Waals surface area contributed by atoms with E-state index in [1.54, 1.807) is 0 Å². The zero-order chi connectivity index (χ0) is 24.4. The van der Waals surface area contributed by atoms with Crippen molar-refractivity contribution in [3.8, 4) is 0 Å². The molecule has 1 heterocycles. The highest BCUT2D eigenvalue weighted by Gasteiger charge is 2.55. The fraction of sp³-hybridized carbons (Fsp3) is 0.619. The molecule has 1 aromatic rings. The topological polar surface area (TPSA) is 99.0 Å². The van der Waals surface area contributed by atoms with Crippen LogP contribution in [0.3, 0.4) is 0 Å². The first-order valence-electron chi connectivity index (χ1n) is 10.3. The van der Waals surface area contributed by atoms with E-state index < -0.39 is 24.7 Å². The van der Waals surface area contributed by atoms with E-state index in [0.717, 1.165) is 0 Å². The summed E-state index contributed by atoms with van der Waals surface area (Å²) < 4.78 is 11.6. The van der Waals surface area contributed by atoms with Gasteiger partial charge in [0.2, 0.25) is 11.4 Å². The number of carbonyl (C=O) groups excluding carboxylic acids is 2. The Kier molecular flexibility index (Phi) is 8.41. The lowest BCUT2D eigenvalue weighted by molar-refractivity contribution is -0.384. The predicted octanol–water partition coefficient (Wildman–Crippen LogP) is 4.76. The van der Waals surface area contributed by atoms with Crippen LogP contribution < -0.4 is 0 Å². The lowest BCUT2D eigenvalue weighted by Crippen LogP contribution is -2.67. The summed E-state index contributed by atoms with van der Waals surface area (Å²) in [5.74, 6) is -1.36. The highest BCUT2D eigenvalue weighted by molar-refractivity contribution is 7.99. The van der Waals surface area contributed by atoms with Gasteiger partial charge in [0.25, 0.3) is 5.69 Å². The normalized spacial score (nSPS) is 21.0. The SMILES string of the molecule is CSC1C(C(C)O[Si](C)(C)C(C)(C)C)C(=O)N1C(Cl)C(=O)OCc1ccc([N+](=O)[O-])cc1. The Hall–Kier alpha value is -1.62. The molecule has 4 unspecified atom stereocenters. The predicted molar refractivity (Wildman–Crippen MR) is 128 cm³/mol. The number of likely N-dealkylation sites (tertiary alicyclic amines) is 1. The van der Waals surface area contributed by atoms with Crippen LogP contribution in [-0.2, 0) is 25.4 Å². The Labute approximate surface area is 199 Å². The summed E-state index contributed by atoms with van der Waals surface area (Å²) in [6.07, 6.45) is 1.57. The number of hydrogen-bond donors (Lipinski definition) is 0. The number of β-lactam (4-membered cyclic amide) rings is 1. The monoisotopic (exact) mass is 502 g/mol. The Morgan fingerprint density at radius 2 is 1.88 bits per heavy atom. The molecule has 0 radical (unpaired) electrons. The number of nitro groups is 1. The molecule has 1 saturated heterocycles. The Morgan fingerprint density at radius 3 is 2.34 bits per heavy atom. The zero-order valence-electron chi connectivity index (χ0n) is 19.5. The number of thioether (sulfide) groups is 1. The van der Waals surface area contributed by atoms with Crippen LogP contribution in [0.1, 0.15) is 33.3 Å². The first-order chi connectivity index (χ1) is 14.7. The van der Waals surface area contributed by atoms with E-state index >= 15 is 0 Å². The number of benzene rings is 1. The van der Waals surface area contributed by atoms with Crippen LogP contribution in [-0.4, -0.2) is 53.3 Å². The van der Waals surface area contributed by atoms with E-state index in [2.05, 4.69) is 33.9 Å². The summed E-state index contributed by atoms with van der Waals surface area (Å²) in [6.45, 7) is 12.5. The third-order valence-corrected chi connectivity index (χ3v) is 12.1. The molecule has 8 nitrogen and oxygen atoms in total. The molecule has 1 aromatic carbocycles. The first-order valence-corrected chi connectivity index (χ1v) is 14.9. The van der Waals surface area contributed by atoms with Gasteiger partial charge in [-0.25, -0.2) is 4.79 Å². The van der Waals surface area contributed by atoms with Crippen molar-refractivity contribution < 1.29 is 23.7 Å². The molecule has 1 aliphatic rings. The largest absolute Gasteiger partial charge is 0.458 e. The van der Waals surface area contributed by atoms with Crippen LogP contribution in [0, 0.1) is 16.0 Å². The number of carbonyl (C=O) groups is 2. The van der Waals surface area contributed by atoms with Crippen LogP contribution in [0.15, 0.2) is 24.3 Å². The lowest BCUT2D eigenvalue weighted by atomic mass is 9.93. The summed E-state index contributed by atoms with van der Waals surface area (Å²) in [7, 11) is -2.06. The third kappa shape index (κ3) is 5.65. The van der Waals surface area contributed by atoms with Crippen molar-refractivity contribution >= 4 is 49.2 Å². The summed E-state index contributed by atoms with van der Waals surface area (Å²) in [4.78, 5) is 37.0. The van der Waals surface area contributed by atoms with Gasteiger partial charge in [-0.15, -0.1) is 11.8 Å². The minimum atomic E-state index is -2.06. The van der Waals surface area contributed by atoms with Crippen LogP contribution in [0.5, 0.6) is 0 Å². The summed E-state index contributed by atoms with van der Waals surface area (Å²) >= 11 is 7.75. The van der Waals surface area contributed by atoms with Crippen LogP contribution in [0.4, 0.5) is 5.69 Å². The van der Waals surface area contributed by atoms with Gasteiger partial charge in [-0.1, -0.05) is 32.4 Å². The fourth-order valence-corrected chi connectivity index (χ4v) is 6.07. The number of hydrogen-bond acceptors (Lipinski definition) is 7. The molecule has 0 bridgehead atoms. The fourth-order valence-electron chi connectivity index (χ4n) is 3.21. The minimum Gasteiger partial charge on any atom is -0.458 e. The molecule has 4 atom stereocenters. The quantitative estimate of drug-likeness (QED) is 0.0912. The maximum Gasteiger partial charge on any atom is 0.345 e. The maximum atomic E-state index is 12.9. The third-order valence-electron chi connectivity index (χ3n) is 6.12. The standard InChI is InChI=1S/C21H31ClN2O6SSi/c1-13(30-32(6,7)21(2,3)4)16-18(25)23(19(16)31-5)17(22)20(26)29-12-14-8-10-15(11-9-14)24(27)28/h8-11,13,16-17,19H,12H2,1-7H3. The molecular weight excluding hydrogens is 472 g/mol. The van der Waals surface area contributed by atoms with Gasteiger partial charge in [-0.05, 0) is 49.0 Å². The summed E-state index contributed by atoms with van der Waals surface area (Å²) in [5.41, 5.74) is -0.725. The van der Waals surface area contributed by atoms with Crippen LogP contribution in [0.25, 0.3) is 0 Å². The molecule has 0 N–H and O–H groups in total. The molecule has 32 heavy (non-hydrogen) atoms. The molecule has 0 saturated carbocycles. The van der Waals surface area contributed by atoms with Crippen molar-refractivity contribution in [2.45, 2.75) is 69.4 Å². The average Bonchev–Trinajstić information content (AvgIpc) is 2.68. The molecule has 178 valence electrons. The zero-order valence-corrected chi connectivity index (χ0v) is 22.0. The van der Waals surface area contributed by atoms with Crippen molar-refractivity contribution in [3.63, 3.8) is 0 Å². The first kappa shape index (κ1) is 26.6. The van der Waals surface area contributed by atoms with Crippen molar-refractivity contribution in [1.82, 2.24) is 4.90 Å². The maximum absolute atomic E-state index is 12.9. The smallest absolute Gasteiger partial charge is 0.345 e. The van der Waals surface area contributed by atoms with E-state index in [1.165, 1.54) is 40.9 Å².